The fourth-order valence-electron chi connectivity index (χ4n) is 5.20. The lowest BCUT2D eigenvalue weighted by molar-refractivity contribution is 0.000373. The molecule has 1 fully saturated rings. The molecule has 1 aliphatic heterocycles. The summed E-state index contributed by atoms with van der Waals surface area (Å²) >= 11 is 0. The van der Waals surface area contributed by atoms with Gasteiger partial charge in [0.1, 0.15) is 0 Å². The van der Waals surface area contributed by atoms with E-state index in [-0.39, 0.29) is 22.9 Å². The van der Waals surface area contributed by atoms with Crippen LogP contribution in [0.1, 0.15) is 27.7 Å². The Labute approximate surface area is 159 Å². The molecule has 0 spiro atoms. The van der Waals surface area contributed by atoms with Crippen molar-refractivity contribution in [3.8, 4) is 0 Å². The molecule has 5 atom stereocenters. The van der Waals surface area contributed by atoms with Gasteiger partial charge in [-0.25, -0.2) is 0 Å². The number of allylic oxidation sites excluding steroid dienone is 4. The van der Waals surface area contributed by atoms with Crippen LogP contribution in [-0.4, -0.2) is 49.7 Å². The van der Waals surface area contributed by atoms with E-state index in [4.69, 9.17) is 11.5 Å². The molecule has 3 rings (SSSR count). The minimum atomic E-state index is -0.159. The van der Waals surface area contributed by atoms with Crippen molar-refractivity contribution in [2.75, 3.05) is 26.7 Å². The first kappa shape index (κ1) is 19.6. The number of hydrogen-bond donors (Lipinski definition) is 3. The number of nitrogens with one attached hydrogen (secondary N) is 1. The van der Waals surface area contributed by atoms with Crippen LogP contribution in [0.3, 0.4) is 0 Å². The summed E-state index contributed by atoms with van der Waals surface area (Å²) in [5.74, 6) is 0.291. The SMILES string of the molecule is CC1=CC(N)C(C)(C(C2CNCCN2C)C2(C)C=CC(C)=CC2N)C=C1. The van der Waals surface area contributed by atoms with Gasteiger partial charge >= 0.3 is 0 Å². The van der Waals surface area contributed by atoms with Crippen LogP contribution in [0.25, 0.3) is 0 Å². The minimum absolute atomic E-state index is 0.0164. The van der Waals surface area contributed by atoms with Crippen LogP contribution >= 0.6 is 0 Å². The fraction of sp³-hybridized carbons (Fsp3) is 0.636. The third kappa shape index (κ3) is 3.24. The smallest absolute Gasteiger partial charge is 0.0322 e. The normalized spacial score (nSPS) is 42.3. The lowest BCUT2D eigenvalue weighted by Crippen LogP contribution is -2.65. The Morgan fingerprint density at radius 2 is 1.54 bits per heavy atom. The van der Waals surface area contributed by atoms with Gasteiger partial charge in [-0.05, 0) is 26.8 Å². The van der Waals surface area contributed by atoms with E-state index in [2.05, 4.69) is 81.4 Å². The van der Waals surface area contributed by atoms with Gasteiger partial charge in [-0.2, -0.15) is 0 Å². The predicted molar refractivity (Wildman–Crippen MR) is 111 cm³/mol. The molecule has 0 aromatic carbocycles. The van der Waals surface area contributed by atoms with Gasteiger partial charge in [-0.3, -0.25) is 0 Å². The Bertz CT molecular complexity index is 615. The highest BCUT2D eigenvalue weighted by Crippen LogP contribution is 2.51. The van der Waals surface area contributed by atoms with Crippen LogP contribution in [0.15, 0.2) is 47.6 Å². The van der Waals surface area contributed by atoms with E-state index in [1.54, 1.807) is 0 Å². The van der Waals surface area contributed by atoms with Crippen molar-refractivity contribution < 1.29 is 0 Å². The maximum absolute atomic E-state index is 6.75. The van der Waals surface area contributed by atoms with Gasteiger partial charge < -0.3 is 21.7 Å². The maximum atomic E-state index is 6.75. The first-order valence-electron chi connectivity index (χ1n) is 9.86. The zero-order chi connectivity index (χ0) is 19.1. The monoisotopic (exact) mass is 356 g/mol. The van der Waals surface area contributed by atoms with Crippen molar-refractivity contribution in [2.45, 2.75) is 45.8 Å². The summed E-state index contributed by atoms with van der Waals surface area (Å²) in [6.07, 6.45) is 13.6. The second-order valence-electron chi connectivity index (χ2n) is 9.00. The Morgan fingerprint density at radius 1 is 1.04 bits per heavy atom. The molecule has 3 aliphatic rings. The van der Waals surface area contributed by atoms with Gasteiger partial charge in [0.05, 0.1) is 0 Å². The summed E-state index contributed by atoms with van der Waals surface area (Å²) < 4.78 is 0. The van der Waals surface area contributed by atoms with Crippen LogP contribution in [0.5, 0.6) is 0 Å². The fourth-order valence-corrected chi connectivity index (χ4v) is 5.20. The number of likely N-dealkylation sites (N-methyl/N-ethyl adjacent to an activating group) is 1. The molecule has 4 heteroatoms. The van der Waals surface area contributed by atoms with E-state index in [1.165, 1.54) is 11.1 Å². The number of rotatable bonds is 3. The third-order valence-electron chi connectivity index (χ3n) is 7.02. The summed E-state index contributed by atoms with van der Waals surface area (Å²) in [6, 6.07) is 0.346. The molecule has 144 valence electrons. The number of nitrogens with two attached hydrogens (primary N) is 2. The third-order valence-corrected chi connectivity index (χ3v) is 7.02. The van der Waals surface area contributed by atoms with Crippen LogP contribution in [0.4, 0.5) is 0 Å². The maximum Gasteiger partial charge on any atom is 0.0322 e. The molecule has 4 nitrogen and oxygen atoms in total. The summed E-state index contributed by atoms with van der Waals surface area (Å²) in [6.45, 7) is 11.9. The highest BCUT2D eigenvalue weighted by Gasteiger charge is 2.53. The highest BCUT2D eigenvalue weighted by molar-refractivity contribution is 5.35. The van der Waals surface area contributed by atoms with Crippen molar-refractivity contribution in [1.29, 1.82) is 0 Å². The Kier molecular flexibility index (Phi) is 5.33. The van der Waals surface area contributed by atoms with Crippen molar-refractivity contribution >= 4 is 0 Å². The molecule has 2 aliphatic carbocycles. The average Bonchev–Trinajstić information content (AvgIpc) is 2.58. The van der Waals surface area contributed by atoms with Crippen LogP contribution in [0.2, 0.25) is 0 Å². The van der Waals surface area contributed by atoms with Gasteiger partial charge in [-0.15, -0.1) is 0 Å². The first-order valence-corrected chi connectivity index (χ1v) is 9.86. The largest absolute Gasteiger partial charge is 0.324 e. The Morgan fingerprint density at radius 3 is 1.96 bits per heavy atom. The molecule has 0 amide bonds. The molecule has 5 unspecified atom stereocenters. The molecule has 5 N–H and O–H groups in total. The molecule has 0 saturated carbocycles. The standard InChI is InChI=1S/C22H36N4/c1-15-6-8-21(3,18(23)12-15)20(17-14-25-10-11-26(17)5)22(4)9-7-16(2)13-19(22)24/h6-9,12-13,17-20,25H,10-11,14,23-24H2,1-5H3. The van der Waals surface area contributed by atoms with E-state index in [0.717, 1.165) is 19.6 Å². The summed E-state index contributed by atoms with van der Waals surface area (Å²) in [4.78, 5) is 2.50. The van der Waals surface area contributed by atoms with Crippen LogP contribution in [-0.2, 0) is 0 Å². The average molecular weight is 357 g/mol. The summed E-state index contributed by atoms with van der Waals surface area (Å²) in [5.41, 5.74) is 15.7. The van der Waals surface area contributed by atoms with Gasteiger partial charge in [0, 0.05) is 48.6 Å². The van der Waals surface area contributed by atoms with E-state index < -0.39 is 0 Å². The molecule has 0 aromatic rings. The molecule has 0 radical (unpaired) electrons. The van der Waals surface area contributed by atoms with Gasteiger partial charge in [0.2, 0.25) is 0 Å². The van der Waals surface area contributed by atoms with Crippen molar-refractivity contribution in [2.24, 2.45) is 28.2 Å². The van der Waals surface area contributed by atoms with Crippen LogP contribution in [0, 0.1) is 16.7 Å². The Hall–Kier alpha value is -1.20. The van der Waals surface area contributed by atoms with Gasteiger partial charge in [0.25, 0.3) is 0 Å². The lowest BCUT2D eigenvalue weighted by atomic mass is 9.53. The summed E-state index contributed by atoms with van der Waals surface area (Å²) in [5, 5.41) is 3.60. The first-order chi connectivity index (χ1) is 12.2. The molecule has 0 bridgehead atoms. The number of piperazine rings is 1. The van der Waals surface area contributed by atoms with Crippen molar-refractivity contribution in [3.05, 3.63) is 47.6 Å². The van der Waals surface area contributed by atoms with Gasteiger partial charge in [-0.1, -0.05) is 61.4 Å². The number of hydrogen-bond acceptors (Lipinski definition) is 4. The number of nitrogens with zero attached hydrogens (tertiary/aromatic N) is 1. The Balaban J connectivity index is 2.09. The summed E-state index contributed by atoms with van der Waals surface area (Å²) in [7, 11) is 2.24. The van der Waals surface area contributed by atoms with E-state index >= 15 is 0 Å². The van der Waals surface area contributed by atoms with E-state index in [0.29, 0.717) is 12.0 Å². The molecule has 26 heavy (non-hydrogen) atoms. The van der Waals surface area contributed by atoms with E-state index in [9.17, 15) is 0 Å². The molecular formula is C22H36N4. The van der Waals surface area contributed by atoms with Crippen molar-refractivity contribution in [1.82, 2.24) is 10.2 Å². The van der Waals surface area contributed by atoms with Crippen LogP contribution < -0.4 is 16.8 Å². The highest BCUT2D eigenvalue weighted by atomic mass is 15.2. The van der Waals surface area contributed by atoms with Crippen molar-refractivity contribution in [3.63, 3.8) is 0 Å². The van der Waals surface area contributed by atoms with E-state index in [1.807, 2.05) is 0 Å². The molecular weight excluding hydrogens is 320 g/mol. The quantitative estimate of drug-likeness (QED) is 0.725. The molecule has 0 aromatic heterocycles. The minimum Gasteiger partial charge on any atom is -0.324 e. The molecule has 1 heterocycles. The zero-order valence-corrected chi connectivity index (χ0v) is 17.0. The predicted octanol–water partition coefficient (Wildman–Crippen LogP) is 2.21. The topological polar surface area (TPSA) is 67.3 Å². The van der Waals surface area contributed by atoms with Gasteiger partial charge in [0.15, 0.2) is 0 Å². The second-order valence-corrected chi connectivity index (χ2v) is 9.00. The molecule has 1 saturated heterocycles. The lowest BCUT2D eigenvalue weighted by Gasteiger charge is -2.56. The zero-order valence-electron chi connectivity index (χ0n) is 17.0. The second kappa shape index (κ2) is 7.08.